The highest BCUT2D eigenvalue weighted by Crippen LogP contribution is 2.35. The van der Waals surface area contributed by atoms with Crippen molar-refractivity contribution in [3.63, 3.8) is 0 Å². The van der Waals surface area contributed by atoms with E-state index in [1.807, 2.05) is 34.6 Å². The van der Waals surface area contributed by atoms with Gasteiger partial charge in [0.2, 0.25) is 0 Å². The molecule has 2 fully saturated rings. The summed E-state index contributed by atoms with van der Waals surface area (Å²) in [5, 5.41) is 24.7. The van der Waals surface area contributed by atoms with Crippen LogP contribution in [0.3, 0.4) is 0 Å². The van der Waals surface area contributed by atoms with E-state index in [4.69, 9.17) is 9.26 Å². The lowest BCUT2D eigenvalue weighted by molar-refractivity contribution is -0.140. The van der Waals surface area contributed by atoms with E-state index in [0.29, 0.717) is 43.4 Å². The molecule has 0 radical (unpaired) electrons. The normalized spacial score (nSPS) is 20.7. The maximum Gasteiger partial charge on any atom is 0.410 e. The number of nitrogens with zero attached hydrogens (tertiary/aromatic N) is 3. The number of piperidine rings is 2. The van der Waals surface area contributed by atoms with Gasteiger partial charge in [-0.15, -0.1) is 0 Å². The summed E-state index contributed by atoms with van der Waals surface area (Å²) in [7, 11) is 0. The quantitative estimate of drug-likeness (QED) is 0.650. The van der Waals surface area contributed by atoms with Gasteiger partial charge in [0.15, 0.2) is 11.6 Å². The summed E-state index contributed by atoms with van der Waals surface area (Å²) >= 11 is 0. The average Bonchev–Trinajstić information content (AvgIpc) is 3.16. The molecule has 9 nitrogen and oxygen atoms in total. The van der Waals surface area contributed by atoms with Crippen LogP contribution in [0, 0.1) is 11.8 Å². The van der Waals surface area contributed by atoms with Gasteiger partial charge in [-0.25, -0.2) is 4.79 Å². The fraction of sp³-hybridized carbons (Fsp3) is 0.792. The number of anilines is 1. The molecule has 33 heavy (non-hydrogen) atoms. The number of carboxylic acid groups (broad SMARTS) is 1. The van der Waals surface area contributed by atoms with Crippen molar-refractivity contribution in [2.75, 3.05) is 31.1 Å². The first-order valence-corrected chi connectivity index (χ1v) is 12.0. The van der Waals surface area contributed by atoms with Crippen molar-refractivity contribution < 1.29 is 29.1 Å². The molecule has 2 saturated heterocycles. The molecule has 1 aromatic rings. The summed E-state index contributed by atoms with van der Waals surface area (Å²) in [4.78, 5) is 27.6. The van der Waals surface area contributed by atoms with Crippen LogP contribution in [-0.4, -0.2) is 69.7 Å². The molecule has 1 amide bonds. The number of likely N-dealkylation sites (tertiary alicyclic amines) is 1. The third-order valence-corrected chi connectivity index (χ3v) is 6.71. The van der Waals surface area contributed by atoms with E-state index in [9.17, 15) is 19.8 Å². The maximum atomic E-state index is 12.3. The Balaban J connectivity index is 1.48. The Morgan fingerprint density at radius 2 is 1.82 bits per heavy atom. The number of carbonyl (C=O) groups excluding carboxylic acids is 1. The molecule has 2 aliphatic rings. The number of carboxylic acids is 1. The van der Waals surface area contributed by atoms with Gasteiger partial charge in [0, 0.05) is 32.2 Å². The molecule has 0 spiro atoms. The lowest BCUT2D eigenvalue weighted by Gasteiger charge is -2.41. The second kappa shape index (κ2) is 9.91. The van der Waals surface area contributed by atoms with Gasteiger partial charge in [-0.05, 0) is 64.7 Å². The predicted octanol–water partition coefficient (Wildman–Crippen LogP) is 3.87. The highest BCUT2D eigenvalue weighted by Gasteiger charge is 2.38. The highest BCUT2D eigenvalue weighted by atomic mass is 16.6. The van der Waals surface area contributed by atoms with Crippen molar-refractivity contribution >= 4 is 17.9 Å². The van der Waals surface area contributed by atoms with Crippen LogP contribution < -0.4 is 4.90 Å². The first kappa shape index (κ1) is 25.3. The van der Waals surface area contributed by atoms with Crippen LogP contribution in [0.25, 0.3) is 0 Å². The summed E-state index contributed by atoms with van der Waals surface area (Å²) < 4.78 is 10.8. The largest absolute Gasteiger partial charge is 0.481 e. The van der Waals surface area contributed by atoms with Gasteiger partial charge in [0.05, 0.1) is 5.60 Å². The summed E-state index contributed by atoms with van der Waals surface area (Å²) in [5.74, 6) is -0.230. The molecule has 0 aromatic carbocycles. The Morgan fingerprint density at radius 1 is 1.21 bits per heavy atom. The number of aromatic nitrogens is 1. The lowest BCUT2D eigenvalue weighted by Crippen LogP contribution is -2.49. The van der Waals surface area contributed by atoms with Crippen molar-refractivity contribution in [2.45, 2.75) is 83.8 Å². The Kier molecular flexibility index (Phi) is 7.61. The average molecular weight is 466 g/mol. The van der Waals surface area contributed by atoms with Crippen LogP contribution in [0.5, 0.6) is 0 Å². The van der Waals surface area contributed by atoms with Gasteiger partial charge in [-0.1, -0.05) is 19.0 Å². The van der Waals surface area contributed by atoms with Gasteiger partial charge in [-0.2, -0.15) is 0 Å². The summed E-state index contributed by atoms with van der Waals surface area (Å²) in [6, 6.07) is 1.75. The smallest absolute Gasteiger partial charge is 0.410 e. The van der Waals surface area contributed by atoms with E-state index < -0.39 is 23.1 Å². The molecule has 0 bridgehead atoms. The topological polar surface area (TPSA) is 116 Å². The van der Waals surface area contributed by atoms with E-state index in [1.165, 1.54) is 0 Å². The molecule has 1 atom stereocenters. The molecular formula is C24H39N3O6. The third kappa shape index (κ3) is 6.62. The summed E-state index contributed by atoms with van der Waals surface area (Å²) in [6.07, 6.45) is 3.38. The van der Waals surface area contributed by atoms with Crippen molar-refractivity contribution in [1.29, 1.82) is 0 Å². The minimum atomic E-state index is -0.905. The van der Waals surface area contributed by atoms with E-state index in [1.54, 1.807) is 11.0 Å². The molecule has 3 rings (SSSR count). The van der Waals surface area contributed by atoms with Gasteiger partial charge in [-0.3, -0.25) is 4.79 Å². The van der Waals surface area contributed by atoms with Crippen LogP contribution in [0.15, 0.2) is 10.6 Å². The fourth-order valence-corrected chi connectivity index (χ4v) is 4.85. The Labute approximate surface area is 196 Å². The van der Waals surface area contributed by atoms with Crippen LogP contribution in [-0.2, 0) is 9.53 Å². The van der Waals surface area contributed by atoms with E-state index in [2.05, 4.69) is 10.1 Å². The van der Waals surface area contributed by atoms with Crippen LogP contribution >= 0.6 is 0 Å². The van der Waals surface area contributed by atoms with E-state index in [-0.39, 0.29) is 12.0 Å². The number of hydrogen-bond acceptors (Lipinski definition) is 7. The van der Waals surface area contributed by atoms with E-state index >= 15 is 0 Å². The van der Waals surface area contributed by atoms with Gasteiger partial charge < -0.3 is 29.3 Å². The molecule has 1 unspecified atom stereocenters. The molecule has 2 N–H and O–H groups in total. The van der Waals surface area contributed by atoms with Crippen LogP contribution in [0.1, 0.15) is 78.4 Å². The zero-order valence-corrected chi connectivity index (χ0v) is 20.5. The number of rotatable bonds is 6. The molecule has 1 aromatic heterocycles. The number of amides is 1. The molecule has 2 aliphatic heterocycles. The zero-order valence-electron chi connectivity index (χ0n) is 20.5. The standard InChI is InChI=1S/C24H39N3O6/c1-16(2)20(21(28)29)18-14-19(25-33-18)26-10-6-17(7-11-26)15-24(31)8-12-27(13-9-24)22(30)32-23(3,4)5/h14,16-17,20,31H,6-13,15H2,1-5H3,(H,28,29). The Bertz CT molecular complexity index is 814. The minimum absolute atomic E-state index is 0.0866. The fourth-order valence-electron chi connectivity index (χ4n) is 4.85. The number of ether oxygens (including phenoxy) is 1. The van der Waals surface area contributed by atoms with Crippen molar-refractivity contribution in [2.24, 2.45) is 11.8 Å². The minimum Gasteiger partial charge on any atom is -0.481 e. The number of hydrogen-bond donors (Lipinski definition) is 2. The van der Waals surface area contributed by atoms with Gasteiger partial charge in [0.1, 0.15) is 11.5 Å². The number of aliphatic hydroxyl groups is 1. The van der Waals surface area contributed by atoms with Crippen LogP contribution in [0.2, 0.25) is 0 Å². The Hall–Kier alpha value is -2.29. The molecule has 0 aliphatic carbocycles. The molecule has 3 heterocycles. The first-order chi connectivity index (χ1) is 15.4. The number of carbonyl (C=O) groups is 2. The van der Waals surface area contributed by atoms with Crippen LogP contribution in [0.4, 0.5) is 10.6 Å². The van der Waals surface area contributed by atoms with Crippen molar-refractivity contribution in [1.82, 2.24) is 10.1 Å². The zero-order chi connectivity index (χ0) is 24.4. The van der Waals surface area contributed by atoms with E-state index in [0.717, 1.165) is 32.4 Å². The van der Waals surface area contributed by atoms with Crippen molar-refractivity contribution in [3.05, 3.63) is 11.8 Å². The molecule has 9 heteroatoms. The first-order valence-electron chi connectivity index (χ1n) is 12.0. The predicted molar refractivity (Wildman–Crippen MR) is 123 cm³/mol. The second-order valence-electron chi connectivity index (χ2n) is 11.0. The Morgan fingerprint density at radius 3 is 2.33 bits per heavy atom. The summed E-state index contributed by atoms with van der Waals surface area (Å²) in [6.45, 7) is 11.9. The highest BCUT2D eigenvalue weighted by molar-refractivity contribution is 5.75. The molecule has 0 saturated carbocycles. The van der Waals surface area contributed by atoms with Gasteiger partial charge >= 0.3 is 12.1 Å². The lowest BCUT2D eigenvalue weighted by atomic mass is 9.79. The molecular weight excluding hydrogens is 426 g/mol. The molecule has 186 valence electrons. The van der Waals surface area contributed by atoms with Gasteiger partial charge in [0.25, 0.3) is 0 Å². The summed E-state index contributed by atoms with van der Waals surface area (Å²) in [5.41, 5.74) is -1.27. The number of aliphatic carboxylic acids is 1. The monoisotopic (exact) mass is 465 g/mol. The third-order valence-electron chi connectivity index (χ3n) is 6.71. The van der Waals surface area contributed by atoms with Crippen molar-refractivity contribution in [3.8, 4) is 0 Å². The maximum absolute atomic E-state index is 12.3. The SMILES string of the molecule is CC(C)C(C(=O)O)c1cc(N2CCC(CC3(O)CCN(C(=O)OC(C)(C)C)CC3)CC2)no1. The second-order valence-corrected chi connectivity index (χ2v) is 11.0.